The number of amides is 1. The smallest absolute Gasteiger partial charge is 0.252 e. The molecule has 2 heterocycles. The van der Waals surface area contributed by atoms with Crippen molar-refractivity contribution in [3.63, 3.8) is 0 Å². The Bertz CT molecular complexity index is 464. The molecule has 2 rings (SSSR count). The van der Waals surface area contributed by atoms with Crippen molar-refractivity contribution in [2.75, 3.05) is 26.2 Å². The third-order valence-corrected chi connectivity index (χ3v) is 4.01. The predicted molar refractivity (Wildman–Crippen MR) is 86.4 cm³/mol. The molecule has 0 aliphatic carbocycles. The minimum Gasteiger partial charge on any atom is -0.369 e. The van der Waals surface area contributed by atoms with Gasteiger partial charge in [0.05, 0.1) is 6.04 Å². The van der Waals surface area contributed by atoms with Crippen molar-refractivity contribution in [1.29, 1.82) is 0 Å². The van der Waals surface area contributed by atoms with E-state index in [-0.39, 0.29) is 11.9 Å². The van der Waals surface area contributed by atoms with Gasteiger partial charge in [-0.3, -0.25) is 9.78 Å². The first-order chi connectivity index (χ1) is 10.6. The fourth-order valence-electron chi connectivity index (χ4n) is 2.62. The van der Waals surface area contributed by atoms with Crippen LogP contribution in [0.15, 0.2) is 24.5 Å². The van der Waals surface area contributed by atoms with Gasteiger partial charge in [-0.1, -0.05) is 19.9 Å². The molecule has 0 saturated carbocycles. The van der Waals surface area contributed by atoms with Crippen LogP contribution in [-0.2, 0) is 9.53 Å². The Balaban J connectivity index is 1.99. The lowest BCUT2D eigenvalue weighted by atomic mass is 10.0. The third-order valence-electron chi connectivity index (χ3n) is 4.01. The Kier molecular flexibility index (Phi) is 6.34. The zero-order chi connectivity index (χ0) is 15.9. The number of aromatic nitrogens is 1. The minimum atomic E-state index is -0.393. The van der Waals surface area contributed by atoms with E-state index in [9.17, 15) is 4.79 Å². The van der Waals surface area contributed by atoms with Crippen LogP contribution in [0.3, 0.4) is 0 Å². The van der Waals surface area contributed by atoms with Gasteiger partial charge in [0.2, 0.25) is 0 Å². The highest BCUT2D eigenvalue weighted by Crippen LogP contribution is 2.22. The maximum Gasteiger partial charge on any atom is 0.252 e. The Morgan fingerprint density at radius 1 is 1.50 bits per heavy atom. The molecule has 0 radical (unpaired) electrons. The zero-order valence-electron chi connectivity index (χ0n) is 13.8. The summed E-state index contributed by atoms with van der Waals surface area (Å²) in [4.78, 5) is 18.8. The molecule has 1 aliphatic heterocycles. The average molecular weight is 305 g/mol. The zero-order valence-corrected chi connectivity index (χ0v) is 13.8. The van der Waals surface area contributed by atoms with Crippen molar-refractivity contribution in [3.05, 3.63) is 30.1 Å². The Morgan fingerprint density at radius 2 is 2.32 bits per heavy atom. The summed E-state index contributed by atoms with van der Waals surface area (Å²) in [6.07, 6.45) is 4.17. The van der Waals surface area contributed by atoms with Crippen LogP contribution >= 0.6 is 0 Å². The molecule has 1 saturated heterocycles. The van der Waals surface area contributed by atoms with Crippen molar-refractivity contribution in [2.45, 2.75) is 39.3 Å². The number of hydrogen-bond acceptors (Lipinski definition) is 4. The lowest BCUT2D eigenvalue weighted by Crippen LogP contribution is -2.51. The normalized spacial score (nSPS) is 20.2. The molecule has 1 amide bonds. The number of carbonyl (C=O) groups excluding carboxylic acids is 1. The lowest BCUT2D eigenvalue weighted by molar-refractivity contribution is -0.146. The van der Waals surface area contributed by atoms with Crippen LogP contribution in [0.4, 0.5) is 0 Å². The number of piperazine rings is 1. The van der Waals surface area contributed by atoms with Crippen LogP contribution in [0, 0.1) is 5.92 Å². The van der Waals surface area contributed by atoms with E-state index in [4.69, 9.17) is 4.74 Å². The SMILES string of the molecule is CC(C)CCOC(C)C(=O)N1CCNCC1c1cccnc1. The molecule has 1 aliphatic rings. The summed E-state index contributed by atoms with van der Waals surface area (Å²) < 4.78 is 5.72. The Hall–Kier alpha value is -1.46. The van der Waals surface area contributed by atoms with E-state index in [2.05, 4.69) is 24.1 Å². The fourth-order valence-corrected chi connectivity index (χ4v) is 2.62. The number of pyridine rings is 1. The third kappa shape index (κ3) is 4.52. The molecule has 0 spiro atoms. The summed E-state index contributed by atoms with van der Waals surface area (Å²) in [6, 6.07) is 3.97. The summed E-state index contributed by atoms with van der Waals surface area (Å²) in [6.45, 7) is 9.09. The summed E-state index contributed by atoms with van der Waals surface area (Å²) in [5.74, 6) is 0.656. The topological polar surface area (TPSA) is 54.5 Å². The molecule has 5 nitrogen and oxygen atoms in total. The van der Waals surface area contributed by atoms with Gasteiger partial charge >= 0.3 is 0 Å². The molecule has 22 heavy (non-hydrogen) atoms. The number of carbonyl (C=O) groups is 1. The van der Waals surface area contributed by atoms with E-state index in [1.54, 1.807) is 6.20 Å². The molecule has 1 N–H and O–H groups in total. The van der Waals surface area contributed by atoms with E-state index < -0.39 is 6.10 Å². The van der Waals surface area contributed by atoms with Gasteiger partial charge in [0.15, 0.2) is 0 Å². The molecular weight excluding hydrogens is 278 g/mol. The van der Waals surface area contributed by atoms with Gasteiger partial charge in [-0.15, -0.1) is 0 Å². The minimum absolute atomic E-state index is 0.0334. The van der Waals surface area contributed by atoms with Crippen LogP contribution in [0.1, 0.15) is 38.8 Å². The number of hydrogen-bond donors (Lipinski definition) is 1. The first kappa shape index (κ1) is 16.9. The lowest BCUT2D eigenvalue weighted by Gasteiger charge is -2.37. The summed E-state index contributed by atoms with van der Waals surface area (Å²) in [7, 11) is 0. The van der Waals surface area contributed by atoms with Crippen LogP contribution < -0.4 is 5.32 Å². The quantitative estimate of drug-likeness (QED) is 0.873. The fraction of sp³-hybridized carbons (Fsp3) is 0.647. The molecule has 122 valence electrons. The second-order valence-corrected chi connectivity index (χ2v) is 6.23. The Morgan fingerprint density at radius 3 is 3.00 bits per heavy atom. The number of nitrogens with one attached hydrogen (secondary N) is 1. The van der Waals surface area contributed by atoms with Gasteiger partial charge in [0, 0.05) is 38.6 Å². The van der Waals surface area contributed by atoms with E-state index in [0.717, 1.165) is 25.1 Å². The summed E-state index contributed by atoms with van der Waals surface area (Å²) in [5, 5.41) is 3.35. The predicted octanol–water partition coefficient (Wildman–Crippen LogP) is 2.01. The standard InChI is InChI=1S/C17H27N3O2/c1-13(2)6-10-22-14(3)17(21)20-9-8-19-12-16(20)15-5-4-7-18-11-15/h4-5,7,11,13-14,16,19H,6,8-10,12H2,1-3H3. The molecule has 1 aromatic heterocycles. The van der Waals surface area contributed by atoms with E-state index in [1.807, 2.05) is 30.2 Å². The highest BCUT2D eigenvalue weighted by molar-refractivity contribution is 5.81. The number of ether oxygens (including phenoxy) is 1. The highest BCUT2D eigenvalue weighted by atomic mass is 16.5. The van der Waals surface area contributed by atoms with Gasteiger partial charge in [0.25, 0.3) is 5.91 Å². The van der Waals surface area contributed by atoms with E-state index in [1.165, 1.54) is 0 Å². The number of nitrogens with zero attached hydrogens (tertiary/aromatic N) is 2. The van der Waals surface area contributed by atoms with Crippen molar-refractivity contribution in [1.82, 2.24) is 15.2 Å². The van der Waals surface area contributed by atoms with E-state index in [0.29, 0.717) is 19.1 Å². The molecule has 0 aromatic carbocycles. The van der Waals surface area contributed by atoms with Gasteiger partial charge in [-0.05, 0) is 30.9 Å². The molecule has 5 heteroatoms. The van der Waals surface area contributed by atoms with E-state index >= 15 is 0 Å². The molecule has 1 aromatic rings. The van der Waals surface area contributed by atoms with Crippen molar-refractivity contribution in [2.24, 2.45) is 5.92 Å². The maximum atomic E-state index is 12.7. The van der Waals surface area contributed by atoms with Crippen LogP contribution in [0.5, 0.6) is 0 Å². The molecule has 1 fully saturated rings. The molecule has 0 bridgehead atoms. The van der Waals surface area contributed by atoms with Gasteiger partial charge in [-0.25, -0.2) is 0 Å². The first-order valence-electron chi connectivity index (χ1n) is 8.12. The average Bonchev–Trinajstić information content (AvgIpc) is 2.54. The van der Waals surface area contributed by atoms with Crippen molar-refractivity contribution >= 4 is 5.91 Å². The Labute approximate surface area is 133 Å². The summed E-state index contributed by atoms with van der Waals surface area (Å²) >= 11 is 0. The van der Waals surface area contributed by atoms with Crippen LogP contribution in [0.2, 0.25) is 0 Å². The monoisotopic (exact) mass is 305 g/mol. The number of rotatable bonds is 6. The first-order valence-corrected chi connectivity index (χ1v) is 8.12. The largest absolute Gasteiger partial charge is 0.369 e. The van der Waals surface area contributed by atoms with Gasteiger partial charge < -0.3 is 15.0 Å². The molecule has 2 unspecified atom stereocenters. The summed E-state index contributed by atoms with van der Waals surface area (Å²) in [5.41, 5.74) is 1.07. The van der Waals surface area contributed by atoms with Crippen LogP contribution in [-0.4, -0.2) is 48.1 Å². The highest BCUT2D eigenvalue weighted by Gasteiger charge is 2.31. The van der Waals surface area contributed by atoms with Gasteiger partial charge in [0.1, 0.15) is 6.10 Å². The second-order valence-electron chi connectivity index (χ2n) is 6.23. The van der Waals surface area contributed by atoms with Crippen molar-refractivity contribution in [3.8, 4) is 0 Å². The second kappa shape index (κ2) is 8.25. The van der Waals surface area contributed by atoms with Crippen LogP contribution in [0.25, 0.3) is 0 Å². The van der Waals surface area contributed by atoms with Gasteiger partial charge in [-0.2, -0.15) is 0 Å². The molecular formula is C17H27N3O2. The van der Waals surface area contributed by atoms with Crippen molar-refractivity contribution < 1.29 is 9.53 Å². The molecule has 2 atom stereocenters. The maximum absolute atomic E-state index is 12.7.